The second kappa shape index (κ2) is 8.02. The molecule has 0 fully saturated rings. The monoisotopic (exact) mass is 360 g/mol. The zero-order valence-electron chi connectivity index (χ0n) is 13.0. The predicted octanol–water partition coefficient (Wildman–Crippen LogP) is 2.65. The van der Waals surface area contributed by atoms with Gasteiger partial charge in [0.15, 0.2) is 0 Å². The van der Waals surface area contributed by atoms with Crippen LogP contribution >= 0.6 is 11.6 Å². The summed E-state index contributed by atoms with van der Waals surface area (Å²) in [6, 6.07) is 10.5. The topological polar surface area (TPSA) is 114 Å². The van der Waals surface area contributed by atoms with Crippen LogP contribution in [-0.4, -0.2) is 23.0 Å². The van der Waals surface area contributed by atoms with Gasteiger partial charge in [0.25, 0.3) is 5.69 Å². The van der Waals surface area contributed by atoms with Crippen molar-refractivity contribution >= 4 is 41.0 Å². The maximum atomic E-state index is 11.8. The van der Waals surface area contributed by atoms with Crippen LogP contribution in [0, 0.1) is 17.0 Å². The van der Waals surface area contributed by atoms with Gasteiger partial charge in [-0.3, -0.25) is 19.7 Å². The second-order valence-electron chi connectivity index (χ2n) is 4.91. The molecule has 0 aliphatic rings. The fraction of sp³-hybridized carbons (Fsp3) is 0.0625. The van der Waals surface area contributed by atoms with Crippen molar-refractivity contribution in [1.82, 2.24) is 5.43 Å². The molecule has 0 aliphatic heterocycles. The highest BCUT2D eigenvalue weighted by molar-refractivity contribution is 6.40. The predicted molar refractivity (Wildman–Crippen MR) is 93.7 cm³/mol. The minimum absolute atomic E-state index is 0.0579. The fourth-order valence-electron chi connectivity index (χ4n) is 1.82. The Morgan fingerprint density at radius 3 is 2.48 bits per heavy atom. The van der Waals surface area contributed by atoms with Crippen LogP contribution in [-0.2, 0) is 9.59 Å². The van der Waals surface area contributed by atoms with Gasteiger partial charge in [-0.15, -0.1) is 0 Å². The number of nitrogens with zero attached hydrogens (tertiary/aromatic N) is 2. The molecule has 8 nitrogen and oxygen atoms in total. The van der Waals surface area contributed by atoms with Crippen molar-refractivity contribution in [2.45, 2.75) is 6.92 Å². The molecule has 0 aromatic heterocycles. The second-order valence-corrected chi connectivity index (χ2v) is 5.32. The number of amides is 2. The van der Waals surface area contributed by atoms with E-state index in [-0.39, 0.29) is 5.69 Å². The van der Waals surface area contributed by atoms with E-state index in [2.05, 4.69) is 15.8 Å². The molecule has 0 aliphatic carbocycles. The van der Waals surface area contributed by atoms with Crippen molar-refractivity contribution in [1.29, 1.82) is 0 Å². The van der Waals surface area contributed by atoms with Crippen molar-refractivity contribution < 1.29 is 14.5 Å². The van der Waals surface area contributed by atoms with Crippen molar-refractivity contribution in [2.75, 3.05) is 5.32 Å². The van der Waals surface area contributed by atoms with Gasteiger partial charge in [0.2, 0.25) is 0 Å². The highest BCUT2D eigenvalue weighted by Crippen LogP contribution is 2.22. The highest BCUT2D eigenvalue weighted by atomic mass is 35.5. The number of hydrazone groups is 1. The first-order valence-electron chi connectivity index (χ1n) is 7.02. The number of hydrogen-bond acceptors (Lipinski definition) is 5. The summed E-state index contributed by atoms with van der Waals surface area (Å²) in [4.78, 5) is 33.6. The van der Waals surface area contributed by atoms with E-state index in [0.29, 0.717) is 21.8 Å². The van der Waals surface area contributed by atoms with Gasteiger partial charge in [-0.2, -0.15) is 5.10 Å². The smallest absolute Gasteiger partial charge is 0.317 e. The molecule has 0 saturated carbocycles. The summed E-state index contributed by atoms with van der Waals surface area (Å²) in [5, 5.41) is 17.1. The molecule has 0 bridgehead atoms. The molecular weight excluding hydrogens is 348 g/mol. The van der Waals surface area contributed by atoms with Crippen LogP contribution in [0.3, 0.4) is 0 Å². The van der Waals surface area contributed by atoms with Crippen LogP contribution in [0.5, 0.6) is 0 Å². The third-order valence-electron chi connectivity index (χ3n) is 3.21. The summed E-state index contributed by atoms with van der Waals surface area (Å²) < 4.78 is 0. The lowest BCUT2D eigenvalue weighted by Crippen LogP contribution is -2.32. The Morgan fingerprint density at radius 1 is 1.16 bits per heavy atom. The molecular formula is C16H13ClN4O4. The lowest BCUT2D eigenvalue weighted by Gasteiger charge is -2.08. The number of benzene rings is 2. The first kappa shape index (κ1) is 18.1. The number of anilines is 1. The quantitative estimate of drug-likeness (QED) is 0.377. The SMILES string of the molecule is Cc1c(Cl)cccc1NC(=O)C(=O)N/N=C\c1ccc([N+](=O)[O-])cc1. The van der Waals surface area contributed by atoms with Crippen molar-refractivity contribution in [3.05, 3.63) is 68.7 Å². The Morgan fingerprint density at radius 2 is 1.84 bits per heavy atom. The van der Waals surface area contributed by atoms with E-state index in [9.17, 15) is 19.7 Å². The summed E-state index contributed by atoms with van der Waals surface area (Å²) in [5.74, 6) is -1.86. The van der Waals surface area contributed by atoms with Crippen LogP contribution in [0.4, 0.5) is 11.4 Å². The van der Waals surface area contributed by atoms with Gasteiger partial charge >= 0.3 is 11.8 Å². The van der Waals surface area contributed by atoms with E-state index < -0.39 is 16.7 Å². The lowest BCUT2D eigenvalue weighted by molar-refractivity contribution is -0.384. The van der Waals surface area contributed by atoms with Gasteiger partial charge in [0.05, 0.1) is 11.1 Å². The summed E-state index contributed by atoms with van der Waals surface area (Å²) in [5.41, 5.74) is 3.60. The molecule has 2 rings (SSSR count). The Labute approximate surface area is 147 Å². The van der Waals surface area contributed by atoms with Crippen LogP contribution in [0.25, 0.3) is 0 Å². The Kier molecular flexibility index (Phi) is 5.80. The van der Waals surface area contributed by atoms with Crippen molar-refractivity contribution in [2.24, 2.45) is 5.10 Å². The minimum atomic E-state index is -0.961. The van der Waals surface area contributed by atoms with E-state index >= 15 is 0 Å². The molecule has 0 atom stereocenters. The number of nitrogens with one attached hydrogen (secondary N) is 2. The first-order valence-corrected chi connectivity index (χ1v) is 7.40. The fourth-order valence-corrected chi connectivity index (χ4v) is 1.99. The number of carbonyl (C=O) groups is 2. The molecule has 128 valence electrons. The van der Waals surface area contributed by atoms with Gasteiger partial charge in [0.1, 0.15) is 0 Å². The number of halogens is 1. The van der Waals surface area contributed by atoms with Gasteiger partial charge in [0, 0.05) is 22.8 Å². The maximum Gasteiger partial charge on any atom is 0.329 e. The van der Waals surface area contributed by atoms with Crippen molar-refractivity contribution in [3.8, 4) is 0 Å². The van der Waals surface area contributed by atoms with E-state index in [0.717, 1.165) is 0 Å². The molecule has 0 spiro atoms. The zero-order valence-corrected chi connectivity index (χ0v) is 13.8. The van der Waals surface area contributed by atoms with E-state index in [1.807, 2.05) is 0 Å². The number of carbonyl (C=O) groups excluding carboxylic acids is 2. The number of non-ortho nitro benzene ring substituents is 1. The number of rotatable bonds is 4. The average molecular weight is 361 g/mol. The molecule has 0 radical (unpaired) electrons. The molecule has 2 aromatic carbocycles. The Balaban J connectivity index is 1.93. The van der Waals surface area contributed by atoms with Crippen LogP contribution in [0.2, 0.25) is 5.02 Å². The zero-order chi connectivity index (χ0) is 18.4. The molecule has 0 heterocycles. The van der Waals surface area contributed by atoms with Crippen molar-refractivity contribution in [3.63, 3.8) is 0 Å². The summed E-state index contributed by atoms with van der Waals surface area (Å²) in [6.45, 7) is 1.71. The summed E-state index contributed by atoms with van der Waals surface area (Å²) >= 11 is 5.94. The van der Waals surface area contributed by atoms with Gasteiger partial charge in [-0.1, -0.05) is 17.7 Å². The lowest BCUT2D eigenvalue weighted by atomic mass is 10.2. The average Bonchev–Trinajstić information content (AvgIpc) is 2.59. The van der Waals surface area contributed by atoms with Crippen LogP contribution < -0.4 is 10.7 Å². The number of nitro benzene ring substituents is 1. The summed E-state index contributed by atoms with van der Waals surface area (Å²) in [7, 11) is 0. The van der Waals surface area contributed by atoms with E-state index in [4.69, 9.17) is 11.6 Å². The molecule has 2 N–H and O–H groups in total. The largest absolute Gasteiger partial charge is 0.329 e. The number of nitro groups is 1. The normalized spacial score (nSPS) is 10.5. The maximum absolute atomic E-state index is 11.8. The molecule has 25 heavy (non-hydrogen) atoms. The van der Waals surface area contributed by atoms with E-state index in [1.165, 1.54) is 30.5 Å². The number of hydrogen-bond donors (Lipinski definition) is 2. The Hall–Kier alpha value is -3.26. The minimum Gasteiger partial charge on any atom is -0.317 e. The van der Waals surface area contributed by atoms with Crippen LogP contribution in [0.15, 0.2) is 47.6 Å². The summed E-state index contributed by atoms with van der Waals surface area (Å²) in [6.07, 6.45) is 1.26. The van der Waals surface area contributed by atoms with E-state index in [1.54, 1.807) is 25.1 Å². The van der Waals surface area contributed by atoms with Gasteiger partial charge < -0.3 is 5.32 Å². The third-order valence-corrected chi connectivity index (χ3v) is 3.62. The first-order chi connectivity index (χ1) is 11.9. The Bertz CT molecular complexity index is 850. The molecule has 2 amide bonds. The molecule has 0 saturated heterocycles. The molecule has 0 unspecified atom stereocenters. The standard InChI is InChI=1S/C16H13ClN4O4/c1-10-13(17)3-2-4-14(10)19-15(22)16(23)20-18-9-11-5-7-12(8-6-11)21(24)25/h2-9H,1H3,(H,19,22)(H,20,23)/b18-9-. The third kappa shape index (κ3) is 4.85. The highest BCUT2D eigenvalue weighted by Gasteiger charge is 2.14. The molecule has 2 aromatic rings. The van der Waals surface area contributed by atoms with Gasteiger partial charge in [-0.05, 0) is 42.3 Å². The van der Waals surface area contributed by atoms with Gasteiger partial charge in [-0.25, -0.2) is 5.43 Å². The van der Waals surface area contributed by atoms with Crippen LogP contribution in [0.1, 0.15) is 11.1 Å². The molecule has 9 heteroatoms.